The maximum Gasteiger partial charge on any atom is 0.185 e. The van der Waals surface area contributed by atoms with Crippen LogP contribution in [0.15, 0.2) is 4.99 Å². The number of nitrogens with two attached hydrogens (primary N) is 3. The summed E-state index contributed by atoms with van der Waals surface area (Å²) in [7, 11) is 0. The van der Waals surface area contributed by atoms with Crippen molar-refractivity contribution in [3.8, 4) is 0 Å². The van der Waals surface area contributed by atoms with Gasteiger partial charge in [0.05, 0.1) is 18.6 Å². The van der Waals surface area contributed by atoms with E-state index in [9.17, 15) is 9.90 Å². The van der Waals surface area contributed by atoms with Crippen LogP contribution in [-0.4, -0.2) is 24.5 Å². The Labute approximate surface area is 57.7 Å². The lowest BCUT2D eigenvalue weighted by Gasteiger charge is -2.08. The SMILES string of the molecule is NC(N)=NCC(N)C(=O)[O-]. The van der Waals surface area contributed by atoms with Gasteiger partial charge in [0.1, 0.15) is 0 Å². The molecule has 0 heterocycles. The highest BCUT2D eigenvalue weighted by Crippen LogP contribution is 1.75. The van der Waals surface area contributed by atoms with Crippen LogP contribution in [0.5, 0.6) is 0 Å². The third-order valence-electron chi connectivity index (χ3n) is 0.773. The molecule has 0 aliphatic rings. The molecule has 6 heteroatoms. The second kappa shape index (κ2) is 3.67. The highest BCUT2D eigenvalue weighted by molar-refractivity contribution is 5.77. The number of carboxylic acids is 1. The maximum absolute atomic E-state index is 9.92. The Hall–Kier alpha value is -1.30. The summed E-state index contributed by atoms with van der Waals surface area (Å²) in [6.45, 7) is -0.148. The average molecular weight is 145 g/mol. The number of hydrogen-bond acceptors (Lipinski definition) is 4. The highest BCUT2D eigenvalue weighted by Gasteiger charge is 1.99. The van der Waals surface area contributed by atoms with Crippen molar-refractivity contribution in [2.75, 3.05) is 6.54 Å². The van der Waals surface area contributed by atoms with Gasteiger partial charge in [-0.15, -0.1) is 0 Å². The topological polar surface area (TPSA) is 131 Å². The minimum absolute atomic E-state index is 0.148. The number of hydrogen-bond donors (Lipinski definition) is 3. The molecule has 6 nitrogen and oxygen atoms in total. The van der Waals surface area contributed by atoms with E-state index in [1.807, 2.05) is 0 Å². The zero-order chi connectivity index (χ0) is 8.15. The normalized spacial score (nSPS) is 12.1. The van der Waals surface area contributed by atoms with Crippen molar-refractivity contribution in [1.82, 2.24) is 0 Å². The van der Waals surface area contributed by atoms with Gasteiger partial charge in [0, 0.05) is 0 Å². The number of guanidine groups is 1. The number of nitrogens with zero attached hydrogens (tertiary/aromatic N) is 1. The van der Waals surface area contributed by atoms with Crippen molar-refractivity contribution in [2.24, 2.45) is 22.2 Å². The number of rotatable bonds is 3. The molecule has 0 radical (unpaired) electrons. The van der Waals surface area contributed by atoms with Crippen molar-refractivity contribution in [3.63, 3.8) is 0 Å². The van der Waals surface area contributed by atoms with Crippen LogP contribution in [0, 0.1) is 0 Å². The molecule has 0 aromatic rings. The molecule has 1 atom stereocenters. The van der Waals surface area contributed by atoms with Gasteiger partial charge in [-0.25, -0.2) is 0 Å². The first-order valence-corrected chi connectivity index (χ1v) is 2.56. The number of aliphatic carboxylic acids is 1. The minimum atomic E-state index is -1.37. The first kappa shape index (κ1) is 8.70. The quantitative estimate of drug-likeness (QED) is 0.278. The van der Waals surface area contributed by atoms with Gasteiger partial charge in [-0.2, -0.15) is 0 Å². The molecule has 6 N–H and O–H groups in total. The lowest BCUT2D eigenvalue weighted by Crippen LogP contribution is -2.44. The van der Waals surface area contributed by atoms with Gasteiger partial charge in [0.2, 0.25) is 0 Å². The summed E-state index contributed by atoms with van der Waals surface area (Å²) in [6.07, 6.45) is 0. The predicted octanol–water partition coefficient (Wildman–Crippen LogP) is -3.66. The summed E-state index contributed by atoms with van der Waals surface area (Å²) in [6, 6.07) is -1.14. The zero-order valence-electron chi connectivity index (χ0n) is 5.28. The summed E-state index contributed by atoms with van der Waals surface area (Å²) in [5.74, 6) is -1.55. The molecule has 0 saturated heterocycles. The van der Waals surface area contributed by atoms with Gasteiger partial charge in [-0.3, -0.25) is 4.99 Å². The van der Waals surface area contributed by atoms with Crippen LogP contribution >= 0.6 is 0 Å². The number of carboxylic acid groups (broad SMARTS) is 1. The van der Waals surface area contributed by atoms with Crippen LogP contribution in [0.1, 0.15) is 0 Å². The molecule has 58 valence electrons. The van der Waals surface area contributed by atoms with Gasteiger partial charge in [0.25, 0.3) is 0 Å². The van der Waals surface area contributed by atoms with E-state index >= 15 is 0 Å². The highest BCUT2D eigenvalue weighted by atomic mass is 16.4. The van der Waals surface area contributed by atoms with Crippen LogP contribution < -0.4 is 22.3 Å². The molecule has 0 aromatic heterocycles. The summed E-state index contributed by atoms with van der Waals surface area (Å²) in [4.78, 5) is 13.3. The lowest BCUT2D eigenvalue weighted by atomic mass is 10.3. The van der Waals surface area contributed by atoms with E-state index < -0.39 is 12.0 Å². The fourth-order valence-corrected chi connectivity index (χ4v) is 0.278. The van der Waals surface area contributed by atoms with Crippen LogP contribution in [0.3, 0.4) is 0 Å². The van der Waals surface area contributed by atoms with Gasteiger partial charge >= 0.3 is 0 Å². The van der Waals surface area contributed by atoms with Gasteiger partial charge in [0.15, 0.2) is 5.96 Å². The largest absolute Gasteiger partial charge is 0.548 e. The van der Waals surface area contributed by atoms with Crippen molar-refractivity contribution in [2.45, 2.75) is 6.04 Å². The number of carbonyl (C=O) groups is 1. The Morgan fingerprint density at radius 1 is 1.60 bits per heavy atom. The second-order valence-electron chi connectivity index (χ2n) is 1.69. The third kappa shape index (κ3) is 3.67. The number of carbonyl (C=O) groups excluding carboxylic acids is 1. The molecule has 0 aliphatic heterocycles. The van der Waals surface area contributed by atoms with Crippen LogP contribution in [-0.2, 0) is 4.79 Å². The second-order valence-corrected chi connectivity index (χ2v) is 1.69. The average Bonchev–Trinajstić information content (AvgIpc) is 1.82. The molecule has 0 fully saturated rings. The molecule has 0 aliphatic carbocycles. The van der Waals surface area contributed by atoms with E-state index in [2.05, 4.69) is 4.99 Å². The summed E-state index contributed by atoms with van der Waals surface area (Å²) in [5, 5.41) is 9.92. The fourth-order valence-electron chi connectivity index (χ4n) is 0.278. The van der Waals surface area contributed by atoms with E-state index in [0.29, 0.717) is 0 Å². The molecule has 0 bridgehead atoms. The lowest BCUT2D eigenvalue weighted by molar-refractivity contribution is -0.307. The molecular weight excluding hydrogens is 136 g/mol. The smallest absolute Gasteiger partial charge is 0.185 e. The molecule has 1 unspecified atom stereocenters. The van der Waals surface area contributed by atoms with Gasteiger partial charge < -0.3 is 27.1 Å². The van der Waals surface area contributed by atoms with Crippen LogP contribution in [0.25, 0.3) is 0 Å². The predicted molar refractivity (Wildman–Crippen MR) is 33.7 cm³/mol. The fraction of sp³-hybridized carbons (Fsp3) is 0.500. The molecule has 0 amide bonds. The van der Waals surface area contributed by atoms with Crippen LogP contribution in [0.4, 0.5) is 0 Å². The summed E-state index contributed by atoms with van der Waals surface area (Å²) < 4.78 is 0. The Morgan fingerprint density at radius 2 is 2.10 bits per heavy atom. The monoisotopic (exact) mass is 145 g/mol. The molecule has 10 heavy (non-hydrogen) atoms. The third-order valence-corrected chi connectivity index (χ3v) is 0.773. The molecule has 0 saturated carbocycles. The first-order valence-electron chi connectivity index (χ1n) is 2.56. The number of aliphatic imine (C=N–C) groups is 1. The Balaban J connectivity index is 3.70. The van der Waals surface area contributed by atoms with Crippen molar-refractivity contribution >= 4 is 11.9 Å². The Bertz CT molecular complexity index is 151. The van der Waals surface area contributed by atoms with E-state index in [0.717, 1.165) is 0 Å². The minimum Gasteiger partial charge on any atom is -0.548 e. The van der Waals surface area contributed by atoms with Crippen molar-refractivity contribution in [1.29, 1.82) is 0 Å². The van der Waals surface area contributed by atoms with E-state index in [1.165, 1.54) is 0 Å². The van der Waals surface area contributed by atoms with E-state index in [1.54, 1.807) is 0 Å². The van der Waals surface area contributed by atoms with Gasteiger partial charge in [-0.1, -0.05) is 0 Å². The van der Waals surface area contributed by atoms with Crippen LogP contribution in [0.2, 0.25) is 0 Å². The zero-order valence-corrected chi connectivity index (χ0v) is 5.28. The molecule has 0 spiro atoms. The molecule has 0 rings (SSSR count). The van der Waals surface area contributed by atoms with E-state index in [-0.39, 0.29) is 12.5 Å². The molecular formula is C4H9N4O2-. The maximum atomic E-state index is 9.92. The Morgan fingerprint density at radius 3 is 2.40 bits per heavy atom. The Kier molecular flexibility index (Phi) is 3.20. The van der Waals surface area contributed by atoms with Gasteiger partial charge in [-0.05, 0) is 0 Å². The standard InChI is InChI=1S/C4H10N4O2/c5-2(3(9)10)1-8-4(6)7/h2H,1,5H2,(H,9,10)(H4,6,7,8)/p-1. The summed E-state index contributed by atoms with van der Waals surface area (Å²) in [5.41, 5.74) is 14.8. The van der Waals surface area contributed by atoms with Crippen molar-refractivity contribution in [3.05, 3.63) is 0 Å². The molecule has 0 aromatic carbocycles. The van der Waals surface area contributed by atoms with E-state index in [4.69, 9.17) is 17.2 Å². The summed E-state index contributed by atoms with van der Waals surface area (Å²) >= 11 is 0. The van der Waals surface area contributed by atoms with Crippen molar-refractivity contribution < 1.29 is 9.90 Å². The first-order chi connectivity index (χ1) is 4.54.